The topological polar surface area (TPSA) is 85.1 Å². The molecule has 7 nitrogen and oxygen atoms in total. The molecule has 2 saturated heterocycles. The lowest BCUT2D eigenvalue weighted by molar-refractivity contribution is -0.146. The normalized spacial score (nSPS) is 24.2. The second-order valence-electron chi connectivity index (χ2n) is 5.51. The van der Waals surface area contributed by atoms with Crippen molar-refractivity contribution >= 4 is 11.8 Å². The Kier molecular flexibility index (Phi) is 5.96. The molecule has 2 heterocycles. The fraction of sp³-hybridized carbons (Fsp3) is 0.857. The first-order valence-electron chi connectivity index (χ1n) is 7.56. The fourth-order valence-corrected chi connectivity index (χ4v) is 2.74. The van der Waals surface area contributed by atoms with Gasteiger partial charge in [-0.3, -0.25) is 9.59 Å². The van der Waals surface area contributed by atoms with Crippen LogP contribution in [-0.4, -0.2) is 80.3 Å². The number of nitrogens with two attached hydrogens (primary N) is 1. The summed E-state index contributed by atoms with van der Waals surface area (Å²) in [7, 11) is 1.56. The van der Waals surface area contributed by atoms with Crippen LogP contribution in [0.5, 0.6) is 0 Å². The molecule has 2 aliphatic heterocycles. The van der Waals surface area contributed by atoms with Gasteiger partial charge >= 0.3 is 0 Å². The Morgan fingerprint density at radius 1 is 1.29 bits per heavy atom. The van der Waals surface area contributed by atoms with Gasteiger partial charge in [-0.2, -0.15) is 0 Å². The molecule has 0 aromatic rings. The zero-order valence-corrected chi connectivity index (χ0v) is 12.6. The van der Waals surface area contributed by atoms with Crippen LogP contribution in [-0.2, 0) is 19.1 Å². The van der Waals surface area contributed by atoms with E-state index in [0.29, 0.717) is 45.8 Å². The van der Waals surface area contributed by atoms with Crippen molar-refractivity contribution in [1.82, 2.24) is 9.80 Å². The molecular weight excluding hydrogens is 274 g/mol. The number of ether oxygens (including phenoxy) is 2. The Balaban J connectivity index is 1.77. The third-order valence-electron chi connectivity index (χ3n) is 4.15. The van der Waals surface area contributed by atoms with E-state index in [9.17, 15) is 9.59 Å². The second kappa shape index (κ2) is 7.72. The minimum absolute atomic E-state index is 0.0384. The van der Waals surface area contributed by atoms with E-state index in [1.54, 1.807) is 16.9 Å². The van der Waals surface area contributed by atoms with Crippen LogP contribution in [0.1, 0.15) is 19.3 Å². The van der Waals surface area contributed by atoms with Crippen LogP contribution in [0.15, 0.2) is 0 Å². The lowest BCUT2D eigenvalue weighted by Gasteiger charge is -2.36. The maximum Gasteiger partial charge on any atom is 0.251 e. The lowest BCUT2D eigenvalue weighted by Crippen LogP contribution is -2.53. The van der Waals surface area contributed by atoms with E-state index in [2.05, 4.69) is 0 Å². The maximum atomic E-state index is 12.2. The average Bonchev–Trinajstić information content (AvgIpc) is 3.06. The molecule has 2 amide bonds. The van der Waals surface area contributed by atoms with Crippen molar-refractivity contribution in [3.05, 3.63) is 0 Å². The van der Waals surface area contributed by atoms with Crippen LogP contribution in [0, 0.1) is 0 Å². The smallest absolute Gasteiger partial charge is 0.251 e. The first kappa shape index (κ1) is 16.2. The summed E-state index contributed by atoms with van der Waals surface area (Å²) in [4.78, 5) is 27.9. The van der Waals surface area contributed by atoms with Crippen LogP contribution < -0.4 is 5.73 Å². The quantitative estimate of drug-likeness (QED) is 0.718. The molecule has 0 spiro atoms. The van der Waals surface area contributed by atoms with Crippen LogP contribution >= 0.6 is 0 Å². The van der Waals surface area contributed by atoms with Gasteiger partial charge in [0, 0.05) is 46.4 Å². The van der Waals surface area contributed by atoms with E-state index in [0.717, 1.165) is 12.8 Å². The molecule has 120 valence electrons. The average molecular weight is 299 g/mol. The van der Waals surface area contributed by atoms with Crippen molar-refractivity contribution in [2.45, 2.75) is 31.5 Å². The monoisotopic (exact) mass is 299 g/mol. The number of carbonyl (C=O) groups is 2. The molecule has 2 rings (SSSR count). The van der Waals surface area contributed by atoms with Crippen molar-refractivity contribution in [3.8, 4) is 0 Å². The first-order valence-corrected chi connectivity index (χ1v) is 7.56. The summed E-state index contributed by atoms with van der Waals surface area (Å²) in [5.41, 5.74) is 5.53. The van der Waals surface area contributed by atoms with Crippen molar-refractivity contribution < 1.29 is 19.1 Å². The van der Waals surface area contributed by atoms with E-state index in [1.165, 1.54) is 0 Å². The molecule has 0 aromatic heterocycles. The first-order chi connectivity index (χ1) is 10.2. The Morgan fingerprint density at radius 2 is 1.95 bits per heavy atom. The molecule has 7 heteroatoms. The number of piperazine rings is 1. The van der Waals surface area contributed by atoms with E-state index in [1.807, 2.05) is 0 Å². The molecule has 0 aliphatic carbocycles. The van der Waals surface area contributed by atoms with E-state index in [4.69, 9.17) is 15.2 Å². The zero-order valence-electron chi connectivity index (χ0n) is 12.6. The molecule has 2 N–H and O–H groups in total. The van der Waals surface area contributed by atoms with Crippen molar-refractivity contribution in [2.24, 2.45) is 5.73 Å². The number of hydrogen-bond acceptors (Lipinski definition) is 5. The fourth-order valence-electron chi connectivity index (χ4n) is 2.74. The molecular formula is C14H25N3O4. The predicted octanol–water partition coefficient (Wildman–Crippen LogP) is -0.800. The molecule has 0 saturated carbocycles. The number of methoxy groups -OCH3 is 1. The standard InChI is InChI=1S/C14H25N3O4/c1-20-11(10-15)9-13(18)16-4-6-17(7-5-16)14(19)12-3-2-8-21-12/h11-12H,2-10,15H2,1H3. The van der Waals surface area contributed by atoms with E-state index >= 15 is 0 Å². The highest BCUT2D eigenvalue weighted by Gasteiger charge is 2.31. The Hall–Kier alpha value is -1.18. The van der Waals surface area contributed by atoms with Crippen LogP contribution in [0.25, 0.3) is 0 Å². The highest BCUT2D eigenvalue weighted by molar-refractivity contribution is 5.82. The SMILES string of the molecule is COC(CN)CC(=O)N1CCN(C(=O)C2CCCO2)CC1. The van der Waals surface area contributed by atoms with Crippen LogP contribution in [0.3, 0.4) is 0 Å². The highest BCUT2D eigenvalue weighted by Crippen LogP contribution is 2.16. The van der Waals surface area contributed by atoms with E-state index < -0.39 is 0 Å². The molecule has 2 unspecified atom stereocenters. The summed E-state index contributed by atoms with van der Waals surface area (Å²) in [6, 6.07) is 0. The second-order valence-corrected chi connectivity index (χ2v) is 5.51. The van der Waals surface area contributed by atoms with Crippen LogP contribution in [0.4, 0.5) is 0 Å². The molecule has 0 bridgehead atoms. The Labute approximate surface area is 125 Å². The lowest BCUT2D eigenvalue weighted by atomic mass is 10.2. The number of nitrogens with zero attached hydrogens (tertiary/aromatic N) is 2. The van der Waals surface area contributed by atoms with Crippen molar-refractivity contribution in [3.63, 3.8) is 0 Å². The highest BCUT2D eigenvalue weighted by atomic mass is 16.5. The molecule has 0 aromatic carbocycles. The third-order valence-corrected chi connectivity index (χ3v) is 4.15. The minimum atomic E-state index is -0.276. The van der Waals surface area contributed by atoms with Gasteiger partial charge in [0.25, 0.3) is 5.91 Å². The molecule has 2 atom stereocenters. The maximum absolute atomic E-state index is 12.2. The summed E-state index contributed by atoms with van der Waals surface area (Å²) in [5.74, 6) is 0.104. The predicted molar refractivity (Wildman–Crippen MR) is 76.6 cm³/mol. The molecule has 2 aliphatic rings. The molecule has 2 fully saturated rings. The Bertz CT molecular complexity index is 359. The van der Waals surface area contributed by atoms with Gasteiger partial charge in [0.2, 0.25) is 5.91 Å². The van der Waals surface area contributed by atoms with Gasteiger partial charge in [0.15, 0.2) is 0 Å². The Morgan fingerprint density at radius 3 is 2.48 bits per heavy atom. The minimum Gasteiger partial charge on any atom is -0.380 e. The summed E-state index contributed by atoms with van der Waals surface area (Å²) >= 11 is 0. The number of hydrogen-bond donors (Lipinski definition) is 1. The van der Waals surface area contributed by atoms with Crippen molar-refractivity contribution in [1.29, 1.82) is 0 Å². The van der Waals surface area contributed by atoms with Crippen LogP contribution in [0.2, 0.25) is 0 Å². The largest absolute Gasteiger partial charge is 0.380 e. The van der Waals surface area contributed by atoms with Crippen molar-refractivity contribution in [2.75, 3.05) is 46.4 Å². The van der Waals surface area contributed by atoms with Gasteiger partial charge in [0.05, 0.1) is 12.5 Å². The van der Waals surface area contributed by atoms with Gasteiger partial charge in [-0.15, -0.1) is 0 Å². The van der Waals surface area contributed by atoms with Gasteiger partial charge in [-0.05, 0) is 12.8 Å². The zero-order chi connectivity index (χ0) is 15.2. The summed E-state index contributed by atoms with van der Waals surface area (Å²) in [6.45, 7) is 3.29. The summed E-state index contributed by atoms with van der Waals surface area (Å²) in [5, 5.41) is 0. The third kappa shape index (κ3) is 4.15. The van der Waals surface area contributed by atoms with Gasteiger partial charge in [0.1, 0.15) is 6.10 Å². The summed E-state index contributed by atoms with van der Waals surface area (Å²) < 4.78 is 10.6. The number of rotatable bonds is 5. The summed E-state index contributed by atoms with van der Waals surface area (Å²) in [6.07, 6.45) is 1.55. The molecule has 0 radical (unpaired) electrons. The van der Waals surface area contributed by atoms with Gasteiger partial charge in [-0.25, -0.2) is 0 Å². The number of amides is 2. The van der Waals surface area contributed by atoms with Gasteiger partial charge < -0.3 is 25.0 Å². The molecule has 21 heavy (non-hydrogen) atoms. The van der Waals surface area contributed by atoms with Gasteiger partial charge in [-0.1, -0.05) is 0 Å². The van der Waals surface area contributed by atoms with E-state index in [-0.39, 0.29) is 24.0 Å². The number of carbonyl (C=O) groups excluding carboxylic acids is 2.